The molecule has 1 heterocycles. The van der Waals surface area contributed by atoms with E-state index in [2.05, 4.69) is 4.98 Å². The summed E-state index contributed by atoms with van der Waals surface area (Å²) >= 11 is 6.35. The number of aromatic nitrogens is 1. The van der Waals surface area contributed by atoms with E-state index in [-0.39, 0.29) is 11.6 Å². The Morgan fingerprint density at radius 3 is 2.47 bits per heavy atom. The molecule has 0 aliphatic heterocycles. The highest BCUT2D eigenvalue weighted by Crippen LogP contribution is 2.38. The Kier molecular flexibility index (Phi) is 7.96. The van der Waals surface area contributed by atoms with Gasteiger partial charge < -0.3 is 9.84 Å². The highest BCUT2D eigenvalue weighted by Gasteiger charge is 2.31. The molecule has 0 unspecified atom stereocenters. The number of aliphatic carboxylic acids is 1. The van der Waals surface area contributed by atoms with E-state index in [0.29, 0.717) is 22.0 Å². The van der Waals surface area contributed by atoms with Gasteiger partial charge in [0.2, 0.25) is 0 Å². The van der Waals surface area contributed by atoms with E-state index in [1.807, 2.05) is 12.1 Å². The van der Waals surface area contributed by atoms with Gasteiger partial charge in [-0.2, -0.15) is 8.42 Å². The van der Waals surface area contributed by atoms with Crippen molar-refractivity contribution in [3.63, 3.8) is 0 Å². The second kappa shape index (κ2) is 10.7. The lowest BCUT2D eigenvalue weighted by Gasteiger charge is -2.30. The fourth-order valence-corrected chi connectivity index (χ4v) is 5.03. The van der Waals surface area contributed by atoms with Gasteiger partial charge in [0.15, 0.2) is 5.03 Å². The molecule has 0 aliphatic carbocycles. The van der Waals surface area contributed by atoms with E-state index in [4.69, 9.17) is 21.4 Å². The molecule has 3 rings (SSSR count). The number of hydrogen-bond acceptors (Lipinski definition) is 5. The topological polar surface area (TPSA) is 96.8 Å². The van der Waals surface area contributed by atoms with Crippen LogP contribution >= 0.6 is 11.6 Å². The van der Waals surface area contributed by atoms with Crippen LogP contribution in [0.15, 0.2) is 71.9 Å². The van der Waals surface area contributed by atoms with E-state index in [9.17, 15) is 13.2 Å². The summed E-state index contributed by atoms with van der Waals surface area (Å²) in [5, 5.41) is 9.14. The van der Waals surface area contributed by atoms with Crippen LogP contribution in [0, 0.1) is 6.92 Å². The molecule has 0 radical (unpaired) electrons. The summed E-state index contributed by atoms with van der Waals surface area (Å²) in [6, 6.07) is 14.8. The zero-order valence-corrected chi connectivity index (χ0v) is 20.5. The summed E-state index contributed by atoms with van der Waals surface area (Å²) in [7, 11) is -3.96. The van der Waals surface area contributed by atoms with Crippen LogP contribution in [0.3, 0.4) is 0 Å². The van der Waals surface area contributed by atoms with Gasteiger partial charge in [0.25, 0.3) is 10.0 Å². The first kappa shape index (κ1) is 25.3. The molecule has 0 fully saturated rings. The van der Waals surface area contributed by atoms with Gasteiger partial charge in [-0.3, -0.25) is 4.31 Å². The molecule has 3 aromatic rings. The number of aryl methyl sites for hydroxylation is 1. The second-order valence-electron chi connectivity index (χ2n) is 7.83. The number of carboxylic acid groups (broad SMARTS) is 1. The number of rotatable bonds is 9. The van der Waals surface area contributed by atoms with Crippen LogP contribution in [0.2, 0.25) is 5.02 Å². The van der Waals surface area contributed by atoms with E-state index >= 15 is 0 Å². The van der Waals surface area contributed by atoms with Gasteiger partial charge in [-0.1, -0.05) is 41.9 Å². The van der Waals surface area contributed by atoms with Crippen LogP contribution in [0.5, 0.6) is 5.75 Å². The maximum Gasteiger partial charge on any atom is 0.328 e. The number of carbonyl (C=O) groups is 1. The molecule has 0 bridgehead atoms. The fraction of sp³-hybridized carbons (Fsp3) is 0.200. The number of sulfonamides is 1. The highest BCUT2D eigenvalue weighted by molar-refractivity contribution is 7.92. The van der Waals surface area contributed by atoms with Crippen LogP contribution in [0.1, 0.15) is 30.5 Å². The molecule has 0 saturated heterocycles. The standard InChI is InChI=1S/C25H25ClN2O5S/c1-17(2)28(34(31,32)24-6-4-5-13-27-24)22-14-18(3)21(26)15-23(22)33-16-20-9-7-19(8-10-20)11-12-25(29)30/h4-15,17H,16H2,1-3H3,(H,29,30). The summed E-state index contributed by atoms with van der Waals surface area (Å²) < 4.78 is 34.3. The summed E-state index contributed by atoms with van der Waals surface area (Å²) in [6.07, 6.45) is 3.99. The van der Waals surface area contributed by atoms with Crippen molar-refractivity contribution < 1.29 is 23.1 Å². The molecule has 1 N–H and O–H groups in total. The first-order chi connectivity index (χ1) is 16.1. The number of benzene rings is 2. The van der Waals surface area contributed by atoms with Crippen molar-refractivity contribution in [3.8, 4) is 5.75 Å². The van der Waals surface area contributed by atoms with Crippen molar-refractivity contribution in [3.05, 3.63) is 88.6 Å². The first-order valence-corrected chi connectivity index (χ1v) is 12.3. The molecule has 0 spiro atoms. The minimum absolute atomic E-state index is 0.0627. The average molecular weight is 501 g/mol. The first-order valence-electron chi connectivity index (χ1n) is 10.5. The quantitative estimate of drug-likeness (QED) is 0.399. The van der Waals surface area contributed by atoms with Crippen molar-refractivity contribution in [2.75, 3.05) is 4.31 Å². The summed E-state index contributed by atoms with van der Waals surface area (Å²) in [4.78, 5) is 14.7. The Labute approximate surface area is 204 Å². The third-order valence-corrected chi connectivity index (χ3v) is 7.21. The molecule has 1 aromatic heterocycles. The lowest BCUT2D eigenvalue weighted by atomic mass is 10.1. The van der Waals surface area contributed by atoms with Crippen molar-refractivity contribution in [2.24, 2.45) is 0 Å². The minimum Gasteiger partial charge on any atom is -0.487 e. The zero-order chi connectivity index (χ0) is 24.9. The Balaban J connectivity index is 1.95. The van der Waals surface area contributed by atoms with E-state index < -0.39 is 22.0 Å². The number of halogens is 1. The van der Waals surface area contributed by atoms with Crippen LogP contribution in [-0.4, -0.2) is 30.5 Å². The van der Waals surface area contributed by atoms with Crippen LogP contribution in [0.4, 0.5) is 5.69 Å². The number of hydrogen-bond donors (Lipinski definition) is 1. The molecule has 0 amide bonds. The molecule has 2 aromatic carbocycles. The third kappa shape index (κ3) is 5.95. The van der Waals surface area contributed by atoms with Gasteiger partial charge in [-0.05, 0) is 61.7 Å². The van der Waals surface area contributed by atoms with Crippen molar-refractivity contribution in [1.82, 2.24) is 4.98 Å². The number of carboxylic acids is 1. The van der Waals surface area contributed by atoms with Crippen molar-refractivity contribution in [1.29, 1.82) is 0 Å². The second-order valence-corrected chi connectivity index (χ2v) is 10.0. The molecule has 0 atom stereocenters. The molecule has 0 aliphatic rings. The van der Waals surface area contributed by atoms with Gasteiger partial charge in [-0.15, -0.1) is 0 Å². The Bertz CT molecular complexity index is 1290. The Hall–Kier alpha value is -3.36. The number of ether oxygens (including phenoxy) is 1. The summed E-state index contributed by atoms with van der Waals surface area (Å²) in [5.74, 6) is -0.704. The fourth-order valence-electron chi connectivity index (χ4n) is 3.28. The monoisotopic (exact) mass is 500 g/mol. The largest absolute Gasteiger partial charge is 0.487 e. The lowest BCUT2D eigenvalue weighted by molar-refractivity contribution is -0.131. The van der Waals surface area contributed by atoms with Crippen molar-refractivity contribution >= 4 is 39.4 Å². The average Bonchev–Trinajstić information content (AvgIpc) is 2.80. The molecule has 0 saturated carbocycles. The molecule has 7 nitrogen and oxygen atoms in total. The SMILES string of the molecule is Cc1cc(N(C(C)C)S(=O)(=O)c2ccccn2)c(OCc2ccc(C=CC(=O)O)cc2)cc1Cl. The normalized spacial score (nSPS) is 11.7. The Morgan fingerprint density at radius 2 is 1.88 bits per heavy atom. The van der Waals surface area contributed by atoms with Crippen molar-refractivity contribution in [2.45, 2.75) is 38.4 Å². The molecule has 178 valence electrons. The smallest absolute Gasteiger partial charge is 0.328 e. The maximum atomic E-state index is 13.5. The number of anilines is 1. The summed E-state index contributed by atoms with van der Waals surface area (Å²) in [5.41, 5.74) is 2.63. The predicted molar refractivity (Wildman–Crippen MR) is 133 cm³/mol. The predicted octanol–water partition coefficient (Wildman–Crippen LogP) is 5.32. The van der Waals surface area contributed by atoms with Gasteiger partial charge in [0, 0.05) is 29.4 Å². The molecule has 9 heteroatoms. The molecule has 34 heavy (non-hydrogen) atoms. The Morgan fingerprint density at radius 1 is 1.18 bits per heavy atom. The van der Waals surface area contributed by atoms with Crippen LogP contribution in [0.25, 0.3) is 6.08 Å². The van der Waals surface area contributed by atoms with Gasteiger partial charge in [0.1, 0.15) is 12.4 Å². The van der Waals surface area contributed by atoms with Crippen LogP contribution < -0.4 is 9.04 Å². The lowest BCUT2D eigenvalue weighted by Crippen LogP contribution is -2.37. The minimum atomic E-state index is -3.96. The van der Waals surface area contributed by atoms with Gasteiger partial charge in [0.05, 0.1) is 5.69 Å². The number of nitrogens with zero attached hydrogens (tertiary/aromatic N) is 2. The van der Waals surface area contributed by atoms with E-state index in [1.165, 1.54) is 22.6 Å². The molecular formula is C25H25ClN2O5S. The van der Waals surface area contributed by atoms with Crippen LogP contribution in [-0.2, 0) is 21.4 Å². The number of pyridine rings is 1. The summed E-state index contributed by atoms with van der Waals surface area (Å²) in [6.45, 7) is 5.50. The zero-order valence-electron chi connectivity index (χ0n) is 19.0. The highest BCUT2D eigenvalue weighted by atomic mass is 35.5. The third-order valence-electron chi connectivity index (χ3n) is 4.90. The maximum absolute atomic E-state index is 13.5. The van der Waals surface area contributed by atoms with E-state index in [0.717, 1.165) is 17.2 Å². The van der Waals surface area contributed by atoms with Gasteiger partial charge >= 0.3 is 5.97 Å². The molecular weight excluding hydrogens is 476 g/mol. The van der Waals surface area contributed by atoms with Gasteiger partial charge in [-0.25, -0.2) is 9.78 Å². The van der Waals surface area contributed by atoms with E-state index in [1.54, 1.807) is 57.2 Å².